The normalized spacial score (nSPS) is 11.7. The van der Waals surface area contributed by atoms with Gasteiger partial charge >= 0.3 is 11.9 Å². The summed E-state index contributed by atoms with van der Waals surface area (Å²) in [6.07, 6.45) is 0. The van der Waals surface area contributed by atoms with Crippen LogP contribution in [-0.4, -0.2) is 17.0 Å². The lowest BCUT2D eigenvalue weighted by molar-refractivity contribution is -0.138. The van der Waals surface area contributed by atoms with Crippen LogP contribution in [0.3, 0.4) is 0 Å². The Morgan fingerprint density at radius 2 is 1.81 bits per heavy atom. The van der Waals surface area contributed by atoms with E-state index in [1.807, 2.05) is 30.3 Å². The van der Waals surface area contributed by atoms with Crippen molar-refractivity contribution in [3.63, 3.8) is 0 Å². The Kier molecular flexibility index (Phi) is 4.72. The lowest BCUT2D eigenvalue weighted by atomic mass is 9.99. The van der Waals surface area contributed by atoms with Crippen molar-refractivity contribution >= 4 is 11.9 Å². The summed E-state index contributed by atoms with van der Waals surface area (Å²) in [5.74, 6) is -2.05. The number of esters is 1. The average Bonchev–Trinajstić information content (AvgIpc) is 2.53. The van der Waals surface area contributed by atoms with Crippen molar-refractivity contribution in [2.24, 2.45) is 0 Å². The van der Waals surface area contributed by atoms with Gasteiger partial charge in [-0.05, 0) is 30.2 Å². The standard InChI is InChI=1S/C17H16O4/c1-12(16(18)19)14-8-5-9-15(10-14)17(20)21-11-13-6-3-2-4-7-13/h2-10,12H,11H2,1H3,(H,18,19). The maximum Gasteiger partial charge on any atom is 0.338 e. The fourth-order valence-electron chi connectivity index (χ4n) is 1.88. The SMILES string of the molecule is CC(C(=O)O)c1cccc(C(=O)OCc2ccccc2)c1. The first kappa shape index (κ1) is 14.8. The van der Waals surface area contributed by atoms with Crippen molar-refractivity contribution in [1.82, 2.24) is 0 Å². The molecule has 1 atom stereocenters. The van der Waals surface area contributed by atoms with Crippen molar-refractivity contribution in [2.75, 3.05) is 0 Å². The minimum Gasteiger partial charge on any atom is -0.481 e. The highest BCUT2D eigenvalue weighted by molar-refractivity contribution is 5.90. The maximum absolute atomic E-state index is 12.0. The Morgan fingerprint density at radius 3 is 2.48 bits per heavy atom. The molecule has 108 valence electrons. The molecule has 0 aromatic heterocycles. The molecule has 0 fully saturated rings. The molecule has 2 aromatic rings. The fraction of sp³-hybridized carbons (Fsp3) is 0.176. The number of benzene rings is 2. The molecule has 2 rings (SSSR count). The molecule has 0 radical (unpaired) electrons. The number of carbonyl (C=O) groups is 2. The maximum atomic E-state index is 12.0. The molecule has 0 saturated heterocycles. The van der Waals surface area contributed by atoms with Gasteiger partial charge in [0, 0.05) is 0 Å². The topological polar surface area (TPSA) is 63.6 Å². The Morgan fingerprint density at radius 1 is 1.10 bits per heavy atom. The highest BCUT2D eigenvalue weighted by atomic mass is 16.5. The van der Waals surface area contributed by atoms with Gasteiger partial charge in [-0.3, -0.25) is 4.79 Å². The van der Waals surface area contributed by atoms with Crippen molar-refractivity contribution < 1.29 is 19.4 Å². The molecule has 1 N–H and O–H groups in total. The molecule has 0 bridgehead atoms. The fourth-order valence-corrected chi connectivity index (χ4v) is 1.88. The van der Waals surface area contributed by atoms with Gasteiger partial charge < -0.3 is 9.84 Å². The smallest absolute Gasteiger partial charge is 0.338 e. The number of rotatable bonds is 5. The van der Waals surface area contributed by atoms with Crippen molar-refractivity contribution in [3.8, 4) is 0 Å². The van der Waals surface area contributed by atoms with E-state index in [0.717, 1.165) is 5.56 Å². The lowest BCUT2D eigenvalue weighted by Crippen LogP contribution is -2.10. The van der Waals surface area contributed by atoms with Gasteiger partial charge in [-0.1, -0.05) is 42.5 Å². The summed E-state index contributed by atoms with van der Waals surface area (Å²) in [5.41, 5.74) is 1.84. The third-order valence-electron chi connectivity index (χ3n) is 3.21. The van der Waals surface area contributed by atoms with Crippen LogP contribution in [0.4, 0.5) is 0 Å². The molecule has 0 aliphatic carbocycles. The van der Waals surface area contributed by atoms with Crippen molar-refractivity contribution in [1.29, 1.82) is 0 Å². The van der Waals surface area contributed by atoms with E-state index in [-0.39, 0.29) is 6.61 Å². The number of carboxylic acids is 1. The van der Waals surface area contributed by atoms with E-state index in [9.17, 15) is 9.59 Å². The second kappa shape index (κ2) is 6.70. The second-order valence-electron chi connectivity index (χ2n) is 4.75. The minimum atomic E-state index is -0.926. The van der Waals surface area contributed by atoms with Gasteiger partial charge in [0.25, 0.3) is 0 Å². The van der Waals surface area contributed by atoms with E-state index in [1.54, 1.807) is 31.2 Å². The number of carbonyl (C=O) groups excluding carboxylic acids is 1. The van der Waals surface area contributed by atoms with Crippen molar-refractivity contribution in [2.45, 2.75) is 19.4 Å². The monoisotopic (exact) mass is 284 g/mol. The zero-order valence-corrected chi connectivity index (χ0v) is 11.7. The van der Waals surface area contributed by atoms with Crippen LogP contribution in [0.1, 0.15) is 34.3 Å². The average molecular weight is 284 g/mol. The third kappa shape index (κ3) is 3.92. The van der Waals surface area contributed by atoms with Crippen LogP contribution in [-0.2, 0) is 16.1 Å². The molecule has 0 aliphatic heterocycles. The van der Waals surface area contributed by atoms with Crippen LogP contribution in [0.25, 0.3) is 0 Å². The number of aliphatic carboxylic acids is 1. The van der Waals surface area contributed by atoms with E-state index in [4.69, 9.17) is 9.84 Å². The molecule has 0 heterocycles. The number of hydrogen-bond acceptors (Lipinski definition) is 3. The van der Waals surface area contributed by atoms with E-state index >= 15 is 0 Å². The Bertz CT molecular complexity index is 634. The van der Waals surface area contributed by atoms with Gasteiger partial charge in [-0.15, -0.1) is 0 Å². The quantitative estimate of drug-likeness (QED) is 0.856. The molecule has 21 heavy (non-hydrogen) atoms. The summed E-state index contributed by atoms with van der Waals surface area (Å²) in [4.78, 5) is 23.0. The van der Waals surface area contributed by atoms with E-state index in [0.29, 0.717) is 11.1 Å². The van der Waals surface area contributed by atoms with E-state index < -0.39 is 17.9 Å². The van der Waals surface area contributed by atoms with E-state index in [1.165, 1.54) is 0 Å². The predicted molar refractivity (Wildman–Crippen MR) is 78.1 cm³/mol. The molecule has 4 heteroatoms. The van der Waals surface area contributed by atoms with Gasteiger partial charge in [0.2, 0.25) is 0 Å². The first-order valence-electron chi connectivity index (χ1n) is 6.61. The first-order chi connectivity index (χ1) is 10.1. The molecule has 0 spiro atoms. The van der Waals surface area contributed by atoms with Crippen molar-refractivity contribution in [3.05, 3.63) is 71.3 Å². The molecule has 0 amide bonds. The van der Waals surface area contributed by atoms with Crippen LogP contribution >= 0.6 is 0 Å². The molecule has 2 aromatic carbocycles. The van der Waals surface area contributed by atoms with Crippen LogP contribution in [0.5, 0.6) is 0 Å². The Hall–Kier alpha value is -2.62. The Balaban J connectivity index is 2.06. The summed E-state index contributed by atoms with van der Waals surface area (Å²) >= 11 is 0. The summed E-state index contributed by atoms with van der Waals surface area (Å²) in [5, 5.41) is 9.00. The predicted octanol–water partition coefficient (Wildman–Crippen LogP) is 3.23. The first-order valence-corrected chi connectivity index (χ1v) is 6.61. The Labute approximate surface area is 123 Å². The van der Waals surface area contributed by atoms with Crippen LogP contribution in [0, 0.1) is 0 Å². The molecule has 0 saturated carbocycles. The zero-order chi connectivity index (χ0) is 15.2. The van der Waals surface area contributed by atoms with Gasteiger partial charge in [-0.25, -0.2) is 4.79 Å². The van der Waals surface area contributed by atoms with Crippen LogP contribution in [0.15, 0.2) is 54.6 Å². The second-order valence-corrected chi connectivity index (χ2v) is 4.75. The third-order valence-corrected chi connectivity index (χ3v) is 3.21. The highest BCUT2D eigenvalue weighted by Crippen LogP contribution is 2.17. The van der Waals surface area contributed by atoms with Gasteiger partial charge in [0.05, 0.1) is 11.5 Å². The van der Waals surface area contributed by atoms with Gasteiger partial charge in [-0.2, -0.15) is 0 Å². The number of ether oxygens (including phenoxy) is 1. The zero-order valence-electron chi connectivity index (χ0n) is 11.7. The summed E-state index contributed by atoms with van der Waals surface area (Å²) in [6, 6.07) is 15.9. The summed E-state index contributed by atoms with van der Waals surface area (Å²) in [6.45, 7) is 1.77. The highest BCUT2D eigenvalue weighted by Gasteiger charge is 2.16. The molecule has 1 unspecified atom stereocenters. The molecular weight excluding hydrogens is 268 g/mol. The van der Waals surface area contributed by atoms with Gasteiger partial charge in [0.1, 0.15) is 6.61 Å². The van der Waals surface area contributed by atoms with Crippen LogP contribution < -0.4 is 0 Å². The molecule has 0 aliphatic rings. The van der Waals surface area contributed by atoms with E-state index in [2.05, 4.69) is 0 Å². The van der Waals surface area contributed by atoms with Gasteiger partial charge in [0.15, 0.2) is 0 Å². The lowest BCUT2D eigenvalue weighted by Gasteiger charge is -2.09. The summed E-state index contributed by atoms with van der Waals surface area (Å²) in [7, 11) is 0. The molecular formula is C17H16O4. The number of hydrogen-bond donors (Lipinski definition) is 1. The summed E-state index contributed by atoms with van der Waals surface area (Å²) < 4.78 is 5.22. The molecule has 4 nitrogen and oxygen atoms in total. The largest absolute Gasteiger partial charge is 0.481 e. The van der Waals surface area contributed by atoms with Crippen LogP contribution in [0.2, 0.25) is 0 Å². The number of carboxylic acid groups (broad SMARTS) is 1. The minimum absolute atomic E-state index is 0.193.